The van der Waals surface area contributed by atoms with Crippen LogP contribution in [0.1, 0.15) is 5.56 Å². The first-order valence-corrected chi connectivity index (χ1v) is 4.64. The molecule has 0 unspecified atom stereocenters. The van der Waals surface area contributed by atoms with Gasteiger partial charge in [0, 0.05) is 6.20 Å². The van der Waals surface area contributed by atoms with E-state index in [1.54, 1.807) is 12.3 Å². The molecule has 0 aliphatic heterocycles. The van der Waals surface area contributed by atoms with Gasteiger partial charge in [-0.3, -0.25) is 4.98 Å². The van der Waals surface area contributed by atoms with E-state index >= 15 is 0 Å². The highest BCUT2D eigenvalue weighted by molar-refractivity contribution is 6.33. The van der Waals surface area contributed by atoms with Crippen molar-refractivity contribution in [3.05, 3.63) is 41.2 Å². The highest BCUT2D eigenvalue weighted by Gasteiger charge is 2.11. The quantitative estimate of drug-likeness (QED) is 0.746. The van der Waals surface area contributed by atoms with Crippen LogP contribution in [0.4, 0.5) is 4.39 Å². The second-order valence-corrected chi connectivity index (χ2v) is 3.47. The van der Waals surface area contributed by atoms with Gasteiger partial charge in [-0.15, -0.1) is 0 Å². The zero-order valence-electron chi connectivity index (χ0n) is 7.91. The lowest BCUT2D eigenvalue weighted by Gasteiger charge is -2.03. The van der Waals surface area contributed by atoms with E-state index in [9.17, 15) is 4.39 Å². The Hall–Kier alpha value is -1.55. The number of hydrogen-bond donors (Lipinski definition) is 0. The fraction of sp³-hybridized carbons (Fsp3) is 0.100. The van der Waals surface area contributed by atoms with Crippen molar-refractivity contribution in [2.45, 2.75) is 6.92 Å². The van der Waals surface area contributed by atoms with Gasteiger partial charge < -0.3 is 0 Å². The molecule has 0 saturated heterocycles. The van der Waals surface area contributed by atoms with Crippen molar-refractivity contribution in [3.63, 3.8) is 0 Å². The van der Waals surface area contributed by atoms with E-state index in [2.05, 4.69) is 15.0 Å². The SMILES string of the molecule is Cc1cnc(-c2ncncc2F)c(Cl)c1. The molecule has 0 radical (unpaired) electrons. The summed E-state index contributed by atoms with van der Waals surface area (Å²) in [4.78, 5) is 11.4. The smallest absolute Gasteiger partial charge is 0.169 e. The van der Waals surface area contributed by atoms with Gasteiger partial charge in [-0.1, -0.05) is 11.6 Å². The molecule has 0 bridgehead atoms. The summed E-state index contributed by atoms with van der Waals surface area (Å²) in [7, 11) is 0. The molecule has 2 aromatic heterocycles. The van der Waals surface area contributed by atoms with Crippen LogP contribution in [-0.2, 0) is 0 Å². The summed E-state index contributed by atoms with van der Waals surface area (Å²) in [6.07, 6.45) is 3.96. The van der Waals surface area contributed by atoms with Crippen molar-refractivity contribution < 1.29 is 4.39 Å². The van der Waals surface area contributed by atoms with E-state index in [-0.39, 0.29) is 5.69 Å². The number of rotatable bonds is 1. The predicted molar refractivity (Wildman–Crippen MR) is 55.0 cm³/mol. The van der Waals surface area contributed by atoms with Crippen molar-refractivity contribution in [2.24, 2.45) is 0 Å². The molecule has 0 N–H and O–H groups in total. The molecule has 2 aromatic rings. The van der Waals surface area contributed by atoms with Crippen LogP contribution in [0.15, 0.2) is 24.8 Å². The fourth-order valence-electron chi connectivity index (χ4n) is 1.19. The topological polar surface area (TPSA) is 38.7 Å². The molecular formula is C10H7ClFN3. The van der Waals surface area contributed by atoms with Crippen LogP contribution >= 0.6 is 11.6 Å². The minimum atomic E-state index is -0.532. The second-order valence-electron chi connectivity index (χ2n) is 3.06. The Morgan fingerprint density at radius 1 is 1.20 bits per heavy atom. The summed E-state index contributed by atoms with van der Waals surface area (Å²) in [6.45, 7) is 1.86. The molecule has 0 amide bonds. The zero-order valence-corrected chi connectivity index (χ0v) is 8.66. The third kappa shape index (κ3) is 1.94. The van der Waals surface area contributed by atoms with Gasteiger partial charge >= 0.3 is 0 Å². The molecule has 2 heterocycles. The molecular weight excluding hydrogens is 217 g/mol. The van der Waals surface area contributed by atoms with E-state index in [0.29, 0.717) is 10.7 Å². The van der Waals surface area contributed by atoms with E-state index in [1.807, 2.05) is 6.92 Å². The lowest BCUT2D eigenvalue weighted by molar-refractivity contribution is 0.617. The molecule has 0 atom stereocenters. The monoisotopic (exact) mass is 223 g/mol. The lowest BCUT2D eigenvalue weighted by Crippen LogP contribution is -1.94. The first-order valence-electron chi connectivity index (χ1n) is 4.26. The predicted octanol–water partition coefficient (Wildman–Crippen LogP) is 2.64. The summed E-state index contributed by atoms with van der Waals surface area (Å²) in [5.74, 6) is -0.532. The summed E-state index contributed by atoms with van der Waals surface area (Å²) < 4.78 is 13.3. The Morgan fingerprint density at radius 2 is 2.00 bits per heavy atom. The highest BCUT2D eigenvalue weighted by atomic mass is 35.5. The molecule has 15 heavy (non-hydrogen) atoms. The third-order valence-electron chi connectivity index (χ3n) is 1.87. The Balaban J connectivity index is 2.60. The number of hydrogen-bond acceptors (Lipinski definition) is 3. The van der Waals surface area contributed by atoms with Gasteiger partial charge in [-0.05, 0) is 18.6 Å². The van der Waals surface area contributed by atoms with Crippen LogP contribution in [0.2, 0.25) is 5.02 Å². The summed E-state index contributed by atoms with van der Waals surface area (Å²) in [5, 5.41) is 0.382. The molecule has 3 nitrogen and oxygen atoms in total. The Kier molecular flexibility index (Phi) is 2.60. The van der Waals surface area contributed by atoms with Crippen LogP contribution in [0.3, 0.4) is 0 Å². The number of aryl methyl sites for hydroxylation is 1. The number of halogens is 2. The van der Waals surface area contributed by atoms with Crippen molar-refractivity contribution in [1.82, 2.24) is 15.0 Å². The first kappa shape index (κ1) is 9.98. The second kappa shape index (κ2) is 3.90. The Labute approximate surface area is 91.0 Å². The van der Waals surface area contributed by atoms with Gasteiger partial charge in [0.25, 0.3) is 0 Å². The van der Waals surface area contributed by atoms with E-state index in [4.69, 9.17) is 11.6 Å². The van der Waals surface area contributed by atoms with Gasteiger partial charge in [0.15, 0.2) is 5.82 Å². The van der Waals surface area contributed by atoms with Crippen LogP contribution in [0.25, 0.3) is 11.4 Å². The number of pyridine rings is 1. The highest BCUT2D eigenvalue weighted by Crippen LogP contribution is 2.25. The van der Waals surface area contributed by atoms with E-state index in [1.165, 1.54) is 6.33 Å². The molecule has 2 rings (SSSR count). The molecule has 0 spiro atoms. The largest absolute Gasteiger partial charge is 0.253 e. The minimum Gasteiger partial charge on any atom is -0.253 e. The van der Waals surface area contributed by atoms with Crippen LogP contribution < -0.4 is 0 Å². The Morgan fingerprint density at radius 3 is 2.67 bits per heavy atom. The minimum absolute atomic E-state index is 0.120. The average molecular weight is 224 g/mol. The van der Waals surface area contributed by atoms with Crippen molar-refractivity contribution in [1.29, 1.82) is 0 Å². The zero-order chi connectivity index (χ0) is 10.8. The molecule has 0 fully saturated rings. The van der Waals surface area contributed by atoms with Crippen molar-refractivity contribution in [3.8, 4) is 11.4 Å². The summed E-state index contributed by atoms with van der Waals surface area (Å²) in [6, 6.07) is 1.71. The van der Waals surface area contributed by atoms with Gasteiger partial charge in [0.2, 0.25) is 0 Å². The number of aromatic nitrogens is 3. The molecule has 0 aliphatic carbocycles. The van der Waals surface area contributed by atoms with Gasteiger partial charge in [0.1, 0.15) is 17.7 Å². The normalized spacial score (nSPS) is 10.3. The molecule has 0 aliphatic rings. The maximum Gasteiger partial charge on any atom is 0.169 e. The maximum atomic E-state index is 13.3. The van der Waals surface area contributed by atoms with E-state index in [0.717, 1.165) is 11.8 Å². The van der Waals surface area contributed by atoms with Crippen LogP contribution in [0.5, 0.6) is 0 Å². The first-order chi connectivity index (χ1) is 7.18. The van der Waals surface area contributed by atoms with Gasteiger partial charge in [-0.25, -0.2) is 14.4 Å². The fourth-order valence-corrected chi connectivity index (χ4v) is 1.51. The van der Waals surface area contributed by atoms with Crippen molar-refractivity contribution >= 4 is 11.6 Å². The molecule has 76 valence electrons. The average Bonchev–Trinajstić information content (AvgIpc) is 2.20. The molecule has 5 heteroatoms. The molecule has 0 saturated carbocycles. The van der Waals surface area contributed by atoms with E-state index < -0.39 is 5.82 Å². The third-order valence-corrected chi connectivity index (χ3v) is 2.16. The van der Waals surface area contributed by atoms with Gasteiger partial charge in [-0.2, -0.15) is 0 Å². The number of nitrogens with zero attached hydrogens (tertiary/aromatic N) is 3. The van der Waals surface area contributed by atoms with Crippen LogP contribution in [0, 0.1) is 12.7 Å². The standard InChI is InChI=1S/C10H7ClFN3/c1-6-2-7(11)9(14-3-6)10-8(12)4-13-5-15-10/h2-5H,1H3. The lowest BCUT2D eigenvalue weighted by atomic mass is 10.2. The molecule has 0 aromatic carbocycles. The van der Waals surface area contributed by atoms with Crippen molar-refractivity contribution in [2.75, 3.05) is 0 Å². The Bertz CT molecular complexity index is 502. The summed E-state index contributed by atoms with van der Waals surface area (Å²) >= 11 is 5.95. The van der Waals surface area contributed by atoms with Crippen LogP contribution in [-0.4, -0.2) is 15.0 Å². The summed E-state index contributed by atoms with van der Waals surface area (Å²) in [5.41, 5.74) is 1.37. The van der Waals surface area contributed by atoms with Gasteiger partial charge in [0.05, 0.1) is 11.2 Å². The maximum absolute atomic E-state index is 13.3.